The quantitative estimate of drug-likeness (QED) is 0.795. The molecule has 1 heterocycles. The van der Waals surface area contributed by atoms with Crippen LogP contribution in [0.15, 0.2) is 30.3 Å². The molecule has 4 nitrogen and oxygen atoms in total. The molecule has 2 rings (SSSR count). The topological polar surface area (TPSA) is 38.8 Å². The van der Waals surface area contributed by atoms with Gasteiger partial charge in [-0.15, -0.1) is 0 Å². The summed E-state index contributed by atoms with van der Waals surface area (Å²) in [6.45, 7) is 5.21. The zero-order valence-corrected chi connectivity index (χ0v) is 12.2. The van der Waals surface area contributed by atoms with Gasteiger partial charge in [-0.3, -0.25) is 4.79 Å². The average molecular weight is 275 g/mol. The van der Waals surface area contributed by atoms with Crippen LogP contribution in [0.25, 0.3) is 6.08 Å². The Labute approximate surface area is 120 Å². The summed E-state index contributed by atoms with van der Waals surface area (Å²) < 4.78 is 10.8. The van der Waals surface area contributed by atoms with Gasteiger partial charge in [-0.2, -0.15) is 0 Å². The standard InChI is InChI=1S/C16H21NO3/c1-12-11-20-13(2)10-17(12)16(18)9-8-14-6-4-5-7-15(14)19-3/h4-9,12-13H,10-11H2,1-3H3/b9-8-/t12-,13-/m0/s1. The molecule has 2 atom stereocenters. The van der Waals surface area contributed by atoms with Crippen molar-refractivity contribution >= 4 is 12.0 Å². The predicted molar refractivity (Wildman–Crippen MR) is 78.6 cm³/mol. The first-order valence-corrected chi connectivity index (χ1v) is 6.85. The van der Waals surface area contributed by atoms with Crippen LogP contribution >= 0.6 is 0 Å². The highest BCUT2D eigenvalue weighted by Gasteiger charge is 2.25. The highest BCUT2D eigenvalue weighted by molar-refractivity contribution is 5.92. The van der Waals surface area contributed by atoms with E-state index in [-0.39, 0.29) is 18.1 Å². The lowest BCUT2D eigenvalue weighted by Gasteiger charge is -2.36. The van der Waals surface area contributed by atoms with Crippen molar-refractivity contribution in [2.45, 2.75) is 26.0 Å². The van der Waals surface area contributed by atoms with Crippen LogP contribution in [-0.2, 0) is 9.53 Å². The van der Waals surface area contributed by atoms with E-state index < -0.39 is 0 Å². The van der Waals surface area contributed by atoms with Gasteiger partial charge in [0.05, 0.1) is 25.9 Å². The zero-order valence-electron chi connectivity index (χ0n) is 12.2. The van der Waals surface area contributed by atoms with Gasteiger partial charge >= 0.3 is 0 Å². The number of nitrogens with zero attached hydrogens (tertiary/aromatic N) is 1. The molecular weight excluding hydrogens is 254 g/mol. The summed E-state index contributed by atoms with van der Waals surface area (Å²) in [5.74, 6) is 0.776. The normalized spacial score (nSPS) is 23.1. The number of carbonyl (C=O) groups is 1. The molecule has 0 radical (unpaired) electrons. The number of benzene rings is 1. The molecule has 0 bridgehead atoms. The highest BCUT2D eigenvalue weighted by Crippen LogP contribution is 2.19. The third kappa shape index (κ3) is 3.39. The third-order valence-corrected chi connectivity index (χ3v) is 3.44. The van der Waals surface area contributed by atoms with Crippen molar-refractivity contribution in [3.05, 3.63) is 35.9 Å². The molecule has 0 N–H and O–H groups in total. The zero-order chi connectivity index (χ0) is 14.5. The van der Waals surface area contributed by atoms with Crippen molar-refractivity contribution in [3.63, 3.8) is 0 Å². The summed E-state index contributed by atoms with van der Waals surface area (Å²) in [5, 5.41) is 0. The molecule has 1 aliphatic rings. The maximum absolute atomic E-state index is 12.3. The predicted octanol–water partition coefficient (Wildman–Crippen LogP) is 2.34. The summed E-state index contributed by atoms with van der Waals surface area (Å²) in [6.07, 6.45) is 3.50. The first-order valence-electron chi connectivity index (χ1n) is 6.85. The van der Waals surface area contributed by atoms with Crippen LogP contribution in [0.3, 0.4) is 0 Å². The lowest BCUT2D eigenvalue weighted by molar-refractivity contribution is -0.137. The minimum atomic E-state index is 0.0126. The van der Waals surface area contributed by atoms with E-state index in [1.54, 1.807) is 19.3 Å². The molecule has 1 amide bonds. The molecule has 0 aromatic heterocycles. The van der Waals surface area contributed by atoms with Crippen molar-refractivity contribution in [2.24, 2.45) is 0 Å². The number of morpholine rings is 1. The fourth-order valence-electron chi connectivity index (χ4n) is 2.27. The second-order valence-electron chi connectivity index (χ2n) is 5.06. The van der Waals surface area contributed by atoms with Crippen LogP contribution in [0, 0.1) is 0 Å². The number of para-hydroxylation sites is 1. The summed E-state index contributed by atoms with van der Waals surface area (Å²) in [5.41, 5.74) is 0.900. The van der Waals surface area contributed by atoms with Crippen LogP contribution in [-0.4, -0.2) is 43.2 Å². The van der Waals surface area contributed by atoms with E-state index in [0.717, 1.165) is 11.3 Å². The Balaban J connectivity index is 2.08. The number of methoxy groups -OCH3 is 1. The van der Waals surface area contributed by atoms with Gasteiger partial charge in [0, 0.05) is 18.2 Å². The van der Waals surface area contributed by atoms with Gasteiger partial charge in [0.2, 0.25) is 5.91 Å². The average Bonchev–Trinajstić information content (AvgIpc) is 2.47. The molecule has 0 aliphatic carbocycles. The fraction of sp³-hybridized carbons (Fsp3) is 0.438. The summed E-state index contributed by atoms with van der Waals surface area (Å²) in [4.78, 5) is 14.1. The summed E-state index contributed by atoms with van der Waals surface area (Å²) in [6, 6.07) is 7.74. The molecule has 0 saturated carbocycles. The Bertz CT molecular complexity index is 498. The van der Waals surface area contributed by atoms with Gasteiger partial charge in [-0.05, 0) is 26.0 Å². The van der Waals surface area contributed by atoms with E-state index in [1.165, 1.54) is 0 Å². The first kappa shape index (κ1) is 14.6. The number of ether oxygens (including phenoxy) is 2. The Morgan fingerprint density at radius 1 is 1.40 bits per heavy atom. The van der Waals surface area contributed by atoms with Crippen molar-refractivity contribution in [1.82, 2.24) is 4.90 Å². The van der Waals surface area contributed by atoms with Gasteiger partial charge in [0.25, 0.3) is 0 Å². The Morgan fingerprint density at radius 2 is 2.15 bits per heavy atom. The first-order chi connectivity index (χ1) is 9.61. The molecule has 1 aliphatic heterocycles. The van der Waals surface area contributed by atoms with E-state index in [1.807, 2.05) is 43.0 Å². The fourth-order valence-corrected chi connectivity index (χ4v) is 2.27. The van der Waals surface area contributed by atoms with Crippen LogP contribution < -0.4 is 4.74 Å². The number of carbonyl (C=O) groups excluding carboxylic acids is 1. The molecule has 1 aromatic carbocycles. The molecule has 1 saturated heterocycles. The van der Waals surface area contributed by atoms with Crippen molar-refractivity contribution in [2.75, 3.05) is 20.3 Å². The van der Waals surface area contributed by atoms with Gasteiger partial charge in [-0.1, -0.05) is 18.2 Å². The van der Waals surface area contributed by atoms with Crippen molar-refractivity contribution in [1.29, 1.82) is 0 Å². The molecule has 4 heteroatoms. The van der Waals surface area contributed by atoms with E-state index >= 15 is 0 Å². The number of amides is 1. The molecular formula is C16H21NO3. The van der Waals surface area contributed by atoms with E-state index in [0.29, 0.717) is 13.2 Å². The molecule has 1 fully saturated rings. The van der Waals surface area contributed by atoms with Gasteiger partial charge < -0.3 is 14.4 Å². The minimum Gasteiger partial charge on any atom is -0.496 e. The second-order valence-corrected chi connectivity index (χ2v) is 5.06. The lowest BCUT2D eigenvalue weighted by atomic mass is 10.1. The number of hydrogen-bond donors (Lipinski definition) is 0. The monoisotopic (exact) mass is 275 g/mol. The number of rotatable bonds is 3. The highest BCUT2D eigenvalue weighted by atomic mass is 16.5. The van der Waals surface area contributed by atoms with Crippen LogP contribution in [0.4, 0.5) is 0 Å². The van der Waals surface area contributed by atoms with Crippen LogP contribution in [0.5, 0.6) is 5.75 Å². The van der Waals surface area contributed by atoms with Crippen molar-refractivity contribution < 1.29 is 14.3 Å². The van der Waals surface area contributed by atoms with E-state index in [4.69, 9.17) is 9.47 Å². The maximum atomic E-state index is 12.3. The van der Waals surface area contributed by atoms with Gasteiger partial charge in [0.15, 0.2) is 0 Å². The summed E-state index contributed by atoms with van der Waals surface area (Å²) >= 11 is 0. The molecule has 108 valence electrons. The van der Waals surface area contributed by atoms with E-state index in [2.05, 4.69) is 0 Å². The smallest absolute Gasteiger partial charge is 0.246 e. The molecule has 0 unspecified atom stereocenters. The minimum absolute atomic E-state index is 0.0126. The second kappa shape index (κ2) is 6.57. The summed E-state index contributed by atoms with van der Waals surface area (Å²) in [7, 11) is 1.63. The Kier molecular flexibility index (Phi) is 4.79. The van der Waals surface area contributed by atoms with Gasteiger partial charge in [-0.25, -0.2) is 0 Å². The van der Waals surface area contributed by atoms with Gasteiger partial charge in [0.1, 0.15) is 5.75 Å². The molecule has 1 aromatic rings. The lowest BCUT2D eigenvalue weighted by Crippen LogP contribution is -2.49. The maximum Gasteiger partial charge on any atom is 0.246 e. The van der Waals surface area contributed by atoms with Crippen LogP contribution in [0.1, 0.15) is 19.4 Å². The van der Waals surface area contributed by atoms with Crippen molar-refractivity contribution in [3.8, 4) is 5.75 Å². The Morgan fingerprint density at radius 3 is 2.90 bits per heavy atom. The third-order valence-electron chi connectivity index (χ3n) is 3.44. The largest absolute Gasteiger partial charge is 0.496 e. The number of hydrogen-bond acceptors (Lipinski definition) is 3. The molecule has 20 heavy (non-hydrogen) atoms. The van der Waals surface area contributed by atoms with Crippen LogP contribution in [0.2, 0.25) is 0 Å². The SMILES string of the molecule is COc1ccccc1/C=C\C(=O)N1C[C@H](C)OC[C@@H]1C. The Hall–Kier alpha value is -1.81. The molecule has 0 spiro atoms. The van der Waals surface area contributed by atoms with E-state index in [9.17, 15) is 4.79 Å².